The smallest absolute Gasteiger partial charge is 0.261 e. The predicted octanol–water partition coefficient (Wildman–Crippen LogP) is 3.41. The lowest BCUT2D eigenvalue weighted by atomic mass is 10.1. The molecule has 1 aliphatic heterocycles. The summed E-state index contributed by atoms with van der Waals surface area (Å²) in [5, 5.41) is 4.12. The molecule has 0 fully saturated rings. The van der Waals surface area contributed by atoms with Gasteiger partial charge in [-0.05, 0) is 72.5 Å². The van der Waals surface area contributed by atoms with Crippen molar-refractivity contribution >= 4 is 35.0 Å². The van der Waals surface area contributed by atoms with Crippen LogP contribution in [0.15, 0.2) is 140 Å². The molecular weight excluding hydrogens is 545 g/mol. The van der Waals surface area contributed by atoms with Crippen LogP contribution in [-0.4, -0.2) is 23.3 Å². The number of aryl methyl sites for hydroxylation is 1. The first-order chi connectivity index (χ1) is 19.7. The Kier molecular flexibility index (Phi) is 8.78. The molecule has 41 heavy (non-hydrogen) atoms. The summed E-state index contributed by atoms with van der Waals surface area (Å²) in [6, 6.07) is 48.8. The van der Waals surface area contributed by atoms with E-state index in [-0.39, 0.29) is 24.2 Å². The van der Waals surface area contributed by atoms with E-state index in [0.717, 1.165) is 19.0 Å². The second-order valence-corrected chi connectivity index (χ2v) is 13.7. The summed E-state index contributed by atoms with van der Waals surface area (Å²) < 4.78 is 0. The Labute approximate surface area is 248 Å². The average molecular weight is 576 g/mol. The maximum Gasteiger partial charge on any atom is 0.261 e. The molecule has 0 aliphatic carbocycles. The molecule has 0 atom stereocenters. The van der Waals surface area contributed by atoms with Gasteiger partial charge in [0.15, 0.2) is 0 Å². The zero-order valence-corrected chi connectivity index (χ0v) is 24.3. The molecule has 0 saturated heterocycles. The van der Waals surface area contributed by atoms with E-state index in [1.54, 1.807) is 24.3 Å². The Morgan fingerprint density at radius 2 is 0.878 bits per heavy atom. The van der Waals surface area contributed by atoms with Crippen molar-refractivity contribution in [2.75, 3.05) is 6.54 Å². The summed E-state index contributed by atoms with van der Waals surface area (Å²) in [5.41, 5.74) is 3.54. The maximum absolute atomic E-state index is 12.7. The molecule has 0 spiro atoms. The van der Waals surface area contributed by atoms with E-state index in [1.165, 1.54) is 31.9 Å². The number of imide groups is 1. The van der Waals surface area contributed by atoms with Crippen molar-refractivity contribution in [2.45, 2.75) is 19.0 Å². The molecule has 5 aromatic rings. The number of fused-ring (bicyclic) bond motifs is 1. The van der Waals surface area contributed by atoms with Gasteiger partial charge >= 0.3 is 0 Å². The lowest BCUT2D eigenvalue weighted by Crippen LogP contribution is -3.00. The molecule has 1 heterocycles. The zero-order valence-electron chi connectivity index (χ0n) is 22.7. The average Bonchev–Trinajstić information content (AvgIpc) is 3.27. The molecule has 204 valence electrons. The lowest BCUT2D eigenvalue weighted by molar-refractivity contribution is -0.0000309. The first-order valence-electron chi connectivity index (χ1n) is 13.7. The standard InChI is InChI=1S/C36H31NO2P.ClH/c38-35-33-20-10-11-21-34(33)36(39)37(35)26-12-13-28-22-24-29(25-23-28)27-40(30-14-4-1-5-15-30,31-16-6-2-7-17-31)32-18-8-3-9-19-32;/h1-11,14-25H,12-13,26-27H2;1H/q+1;/p-1. The van der Waals surface area contributed by atoms with Crippen molar-refractivity contribution in [3.8, 4) is 0 Å². The van der Waals surface area contributed by atoms with Crippen LogP contribution in [0.4, 0.5) is 0 Å². The number of halogens is 1. The van der Waals surface area contributed by atoms with Crippen molar-refractivity contribution in [1.29, 1.82) is 0 Å². The van der Waals surface area contributed by atoms with Crippen LogP contribution in [0.25, 0.3) is 0 Å². The largest absolute Gasteiger partial charge is 1.00 e. The quantitative estimate of drug-likeness (QED) is 0.200. The molecule has 0 radical (unpaired) electrons. The Balaban J connectivity index is 0.00000337. The summed E-state index contributed by atoms with van der Waals surface area (Å²) in [7, 11) is -1.95. The highest BCUT2D eigenvalue weighted by molar-refractivity contribution is 7.95. The van der Waals surface area contributed by atoms with Gasteiger partial charge in [0.1, 0.15) is 23.2 Å². The molecule has 1 aliphatic rings. The van der Waals surface area contributed by atoms with Gasteiger partial charge in [0.2, 0.25) is 0 Å². The van der Waals surface area contributed by atoms with Gasteiger partial charge in [-0.1, -0.05) is 91.0 Å². The SMILES string of the molecule is O=C1c2ccccc2C(=O)N1CCCc1ccc(C[P+](c2ccccc2)(c2ccccc2)c2ccccc2)cc1.[Cl-]. The van der Waals surface area contributed by atoms with Crippen molar-refractivity contribution < 1.29 is 22.0 Å². The van der Waals surface area contributed by atoms with Gasteiger partial charge in [-0.3, -0.25) is 14.5 Å². The predicted molar refractivity (Wildman–Crippen MR) is 165 cm³/mol. The van der Waals surface area contributed by atoms with Gasteiger partial charge in [0, 0.05) is 6.54 Å². The highest BCUT2D eigenvalue weighted by Crippen LogP contribution is 2.58. The minimum Gasteiger partial charge on any atom is -1.00 e. The lowest BCUT2D eigenvalue weighted by Gasteiger charge is -2.28. The molecule has 0 N–H and O–H groups in total. The molecule has 5 heteroatoms. The van der Waals surface area contributed by atoms with E-state index in [2.05, 4.69) is 115 Å². The number of hydrogen-bond acceptors (Lipinski definition) is 2. The number of carbonyl (C=O) groups is 2. The van der Waals surface area contributed by atoms with Crippen LogP contribution >= 0.6 is 7.26 Å². The highest BCUT2D eigenvalue weighted by atomic mass is 35.5. The molecule has 0 aromatic heterocycles. The van der Waals surface area contributed by atoms with Gasteiger partial charge in [-0.25, -0.2) is 0 Å². The summed E-state index contributed by atoms with van der Waals surface area (Å²) in [5.74, 6) is -0.363. The number of carbonyl (C=O) groups excluding carboxylic acids is 2. The molecular formula is C36H31ClNO2P. The molecule has 0 saturated carbocycles. The van der Waals surface area contributed by atoms with E-state index in [4.69, 9.17) is 0 Å². The minimum atomic E-state index is -1.95. The third-order valence-corrected chi connectivity index (χ3v) is 12.1. The van der Waals surface area contributed by atoms with Crippen LogP contribution in [0.3, 0.4) is 0 Å². The molecule has 3 nitrogen and oxygen atoms in total. The monoisotopic (exact) mass is 575 g/mol. The Bertz CT molecular complexity index is 1490. The number of amides is 2. The summed E-state index contributed by atoms with van der Waals surface area (Å²) in [6.45, 7) is 0.429. The molecule has 5 aromatic carbocycles. The molecule has 2 amide bonds. The minimum absolute atomic E-state index is 0. The summed E-state index contributed by atoms with van der Waals surface area (Å²) >= 11 is 0. The number of rotatable bonds is 9. The first kappa shape index (κ1) is 28.5. The third-order valence-electron chi connectivity index (χ3n) is 7.76. The summed E-state index contributed by atoms with van der Waals surface area (Å²) in [4.78, 5) is 26.8. The van der Waals surface area contributed by atoms with E-state index >= 15 is 0 Å². The Morgan fingerprint density at radius 1 is 0.488 bits per heavy atom. The fourth-order valence-electron chi connectivity index (χ4n) is 5.74. The normalized spacial score (nSPS) is 12.6. The van der Waals surface area contributed by atoms with Crippen LogP contribution in [0.5, 0.6) is 0 Å². The third kappa shape index (κ3) is 5.61. The summed E-state index contributed by atoms with van der Waals surface area (Å²) in [6.07, 6.45) is 2.48. The van der Waals surface area contributed by atoms with Crippen molar-refractivity contribution in [3.63, 3.8) is 0 Å². The van der Waals surface area contributed by atoms with Crippen LogP contribution in [-0.2, 0) is 12.6 Å². The van der Waals surface area contributed by atoms with Crippen molar-refractivity contribution in [2.24, 2.45) is 0 Å². The number of hydrogen-bond donors (Lipinski definition) is 0. The van der Waals surface area contributed by atoms with Crippen molar-refractivity contribution in [1.82, 2.24) is 4.90 Å². The maximum atomic E-state index is 12.7. The van der Waals surface area contributed by atoms with E-state index in [1.807, 2.05) is 0 Å². The van der Waals surface area contributed by atoms with E-state index in [9.17, 15) is 9.59 Å². The Hall–Kier alpha value is -4.04. The highest BCUT2D eigenvalue weighted by Gasteiger charge is 2.45. The van der Waals surface area contributed by atoms with Gasteiger partial charge in [-0.15, -0.1) is 0 Å². The first-order valence-corrected chi connectivity index (χ1v) is 15.7. The second kappa shape index (κ2) is 12.6. The van der Waals surface area contributed by atoms with Crippen LogP contribution < -0.4 is 28.3 Å². The fraction of sp³-hybridized carbons (Fsp3) is 0.111. The van der Waals surface area contributed by atoms with Crippen molar-refractivity contribution in [3.05, 3.63) is 162 Å². The van der Waals surface area contributed by atoms with Crippen LogP contribution in [0.1, 0.15) is 38.3 Å². The van der Waals surface area contributed by atoms with Gasteiger partial charge < -0.3 is 12.4 Å². The van der Waals surface area contributed by atoms with E-state index < -0.39 is 7.26 Å². The van der Waals surface area contributed by atoms with Crippen LogP contribution in [0, 0.1) is 0 Å². The molecule has 0 unspecified atom stereocenters. The van der Waals surface area contributed by atoms with Crippen LogP contribution in [0.2, 0.25) is 0 Å². The fourth-order valence-corrected chi connectivity index (χ4v) is 9.98. The van der Waals surface area contributed by atoms with Gasteiger partial charge in [0.05, 0.1) is 17.3 Å². The topological polar surface area (TPSA) is 37.4 Å². The van der Waals surface area contributed by atoms with E-state index in [0.29, 0.717) is 17.7 Å². The molecule has 0 bridgehead atoms. The Morgan fingerprint density at radius 3 is 1.32 bits per heavy atom. The number of nitrogens with zero attached hydrogens (tertiary/aromatic N) is 1. The number of benzene rings is 5. The second-order valence-electron chi connectivity index (χ2n) is 10.2. The van der Waals surface area contributed by atoms with Gasteiger partial charge in [0.25, 0.3) is 11.8 Å². The van der Waals surface area contributed by atoms with Gasteiger partial charge in [-0.2, -0.15) is 0 Å². The zero-order chi connectivity index (χ0) is 27.4. The molecule has 6 rings (SSSR count).